The average molecular weight is 378 g/mol. The molecule has 0 radical (unpaired) electrons. The van der Waals surface area contributed by atoms with E-state index in [0.29, 0.717) is 30.1 Å². The van der Waals surface area contributed by atoms with Crippen molar-refractivity contribution in [2.75, 3.05) is 31.1 Å². The fourth-order valence-electron chi connectivity index (χ4n) is 3.76. The quantitative estimate of drug-likeness (QED) is 0.743. The highest BCUT2D eigenvalue weighted by Crippen LogP contribution is 2.30. The predicted molar refractivity (Wildman–Crippen MR) is 105 cm³/mol. The number of imidazole rings is 1. The number of piperazine rings is 1. The summed E-state index contributed by atoms with van der Waals surface area (Å²) in [5.41, 5.74) is 2.32. The van der Waals surface area contributed by atoms with Crippen LogP contribution in [0.3, 0.4) is 0 Å². The summed E-state index contributed by atoms with van der Waals surface area (Å²) >= 11 is 0. The van der Waals surface area contributed by atoms with Gasteiger partial charge in [0.2, 0.25) is 0 Å². The van der Waals surface area contributed by atoms with Gasteiger partial charge in [-0.15, -0.1) is 0 Å². The number of aromatic amines is 1. The molecule has 28 heavy (non-hydrogen) atoms. The first-order valence-electron chi connectivity index (χ1n) is 9.71. The molecule has 1 amide bonds. The molecule has 0 unspecified atom stereocenters. The van der Waals surface area contributed by atoms with Crippen LogP contribution in [-0.2, 0) is 6.54 Å². The Morgan fingerprint density at radius 3 is 2.71 bits per heavy atom. The Hall–Kier alpha value is -3.16. The molecule has 1 aliphatic heterocycles. The zero-order valence-electron chi connectivity index (χ0n) is 15.5. The minimum Gasteiger partial charge on any atom is -0.368 e. The molecule has 8 heteroatoms. The number of carbonyl (C=O) groups excluding carboxylic acids is 1. The first-order valence-corrected chi connectivity index (χ1v) is 9.71. The molecule has 1 N–H and O–H groups in total. The van der Waals surface area contributed by atoms with Gasteiger partial charge >= 0.3 is 0 Å². The van der Waals surface area contributed by atoms with Crippen molar-refractivity contribution in [2.45, 2.75) is 19.4 Å². The van der Waals surface area contributed by atoms with E-state index >= 15 is 0 Å². The second-order valence-electron chi connectivity index (χ2n) is 7.59. The third kappa shape index (κ3) is 3.15. The lowest BCUT2D eigenvalue weighted by Gasteiger charge is -2.36. The molecule has 8 nitrogen and oxygen atoms in total. The van der Waals surface area contributed by atoms with Crippen LogP contribution in [0.5, 0.6) is 0 Å². The molecule has 1 aliphatic carbocycles. The van der Waals surface area contributed by atoms with E-state index in [1.165, 1.54) is 19.2 Å². The number of anilines is 1. The normalized spacial score (nSPS) is 17.3. The zero-order valence-corrected chi connectivity index (χ0v) is 15.5. The molecule has 1 aromatic carbocycles. The molecule has 0 bridgehead atoms. The monoisotopic (exact) mass is 378 g/mol. The van der Waals surface area contributed by atoms with Gasteiger partial charge < -0.3 is 14.8 Å². The molecular formula is C20H22N6O2. The van der Waals surface area contributed by atoms with Crippen LogP contribution in [0, 0.1) is 5.92 Å². The van der Waals surface area contributed by atoms with E-state index in [-0.39, 0.29) is 11.5 Å². The molecular weight excluding hydrogens is 356 g/mol. The number of aromatic nitrogens is 4. The maximum atomic E-state index is 12.7. The number of rotatable bonds is 4. The Morgan fingerprint density at radius 2 is 2.00 bits per heavy atom. The number of fused-ring (bicyclic) bond motifs is 1. The minimum atomic E-state index is -0.0199. The third-order valence-electron chi connectivity index (χ3n) is 5.62. The molecule has 3 heterocycles. The van der Waals surface area contributed by atoms with Crippen molar-refractivity contribution in [3.05, 3.63) is 53.1 Å². The largest absolute Gasteiger partial charge is 0.368 e. The summed E-state index contributed by atoms with van der Waals surface area (Å²) in [5.74, 6) is 0.616. The van der Waals surface area contributed by atoms with E-state index in [2.05, 4.69) is 19.9 Å². The molecule has 2 aliphatic rings. The minimum absolute atomic E-state index is 0.0199. The Bertz CT molecular complexity index is 1060. The number of nitrogens with one attached hydrogen (secondary N) is 1. The summed E-state index contributed by atoms with van der Waals surface area (Å²) < 4.78 is 1.74. The summed E-state index contributed by atoms with van der Waals surface area (Å²) in [5, 5.41) is 0.667. The van der Waals surface area contributed by atoms with E-state index in [1.807, 2.05) is 23.1 Å². The average Bonchev–Trinajstić information content (AvgIpc) is 3.38. The van der Waals surface area contributed by atoms with Gasteiger partial charge in [0.15, 0.2) is 0 Å². The molecule has 1 saturated carbocycles. The fraction of sp³-hybridized carbons (Fsp3) is 0.400. The molecule has 1 saturated heterocycles. The number of benzene rings is 1. The zero-order chi connectivity index (χ0) is 19.1. The number of carbonyl (C=O) groups is 1. The molecule has 0 atom stereocenters. The van der Waals surface area contributed by atoms with Gasteiger partial charge in [0, 0.05) is 38.4 Å². The highest BCUT2D eigenvalue weighted by atomic mass is 16.2. The summed E-state index contributed by atoms with van der Waals surface area (Å²) in [4.78, 5) is 40.4. The van der Waals surface area contributed by atoms with Crippen LogP contribution >= 0.6 is 0 Å². The van der Waals surface area contributed by atoms with Crippen molar-refractivity contribution in [1.82, 2.24) is 24.4 Å². The van der Waals surface area contributed by atoms with Crippen LogP contribution in [0.1, 0.15) is 23.3 Å². The topological polar surface area (TPSA) is 87.1 Å². The van der Waals surface area contributed by atoms with E-state index in [9.17, 15) is 9.59 Å². The van der Waals surface area contributed by atoms with Crippen molar-refractivity contribution in [2.24, 2.45) is 5.92 Å². The summed E-state index contributed by atoms with van der Waals surface area (Å²) in [6.07, 6.45) is 7.16. The van der Waals surface area contributed by atoms with Crippen molar-refractivity contribution in [3.8, 4) is 0 Å². The van der Waals surface area contributed by atoms with Crippen LogP contribution in [0.2, 0.25) is 0 Å². The molecule has 3 aromatic rings. The van der Waals surface area contributed by atoms with E-state index in [4.69, 9.17) is 0 Å². The molecule has 0 spiro atoms. The molecule has 5 rings (SSSR count). The number of amides is 1. The van der Waals surface area contributed by atoms with Crippen LogP contribution in [0.25, 0.3) is 10.9 Å². The van der Waals surface area contributed by atoms with Gasteiger partial charge in [-0.25, -0.2) is 9.97 Å². The Labute approximate surface area is 161 Å². The number of hydrogen-bond acceptors (Lipinski definition) is 5. The van der Waals surface area contributed by atoms with Gasteiger partial charge in [-0.3, -0.25) is 14.2 Å². The number of nitrogens with zero attached hydrogens (tertiary/aromatic N) is 5. The van der Waals surface area contributed by atoms with Crippen molar-refractivity contribution in [1.29, 1.82) is 0 Å². The van der Waals surface area contributed by atoms with Gasteiger partial charge in [0.05, 0.1) is 29.8 Å². The van der Waals surface area contributed by atoms with E-state index in [0.717, 1.165) is 30.8 Å². The van der Waals surface area contributed by atoms with Gasteiger partial charge in [-0.05, 0) is 37.0 Å². The van der Waals surface area contributed by atoms with E-state index in [1.54, 1.807) is 17.1 Å². The van der Waals surface area contributed by atoms with Crippen LogP contribution < -0.4 is 10.5 Å². The smallest absolute Gasteiger partial charge is 0.272 e. The second kappa shape index (κ2) is 6.78. The number of hydrogen-bond donors (Lipinski definition) is 1. The third-order valence-corrected chi connectivity index (χ3v) is 5.62. The molecule has 2 fully saturated rings. The lowest BCUT2D eigenvalue weighted by Crippen LogP contribution is -2.48. The molecule has 144 valence electrons. The van der Waals surface area contributed by atoms with Gasteiger partial charge in [-0.1, -0.05) is 0 Å². The Balaban J connectivity index is 1.31. The van der Waals surface area contributed by atoms with E-state index < -0.39 is 0 Å². The van der Waals surface area contributed by atoms with Crippen molar-refractivity contribution < 1.29 is 4.79 Å². The van der Waals surface area contributed by atoms with Gasteiger partial charge in [0.25, 0.3) is 11.5 Å². The lowest BCUT2D eigenvalue weighted by molar-refractivity contribution is 0.0741. The van der Waals surface area contributed by atoms with Crippen molar-refractivity contribution in [3.63, 3.8) is 0 Å². The van der Waals surface area contributed by atoms with Crippen LogP contribution in [0.4, 0.5) is 5.69 Å². The first kappa shape index (κ1) is 17.0. The van der Waals surface area contributed by atoms with Crippen molar-refractivity contribution >= 4 is 22.5 Å². The Kier molecular flexibility index (Phi) is 4.11. The molecule has 2 aromatic heterocycles. The fourth-order valence-corrected chi connectivity index (χ4v) is 3.76. The van der Waals surface area contributed by atoms with Crippen LogP contribution in [0.15, 0.2) is 41.8 Å². The van der Waals surface area contributed by atoms with Gasteiger partial charge in [-0.2, -0.15) is 0 Å². The van der Waals surface area contributed by atoms with Crippen LogP contribution in [-0.4, -0.2) is 56.5 Å². The maximum Gasteiger partial charge on any atom is 0.272 e. The Morgan fingerprint density at radius 1 is 1.18 bits per heavy atom. The predicted octanol–water partition coefficient (Wildman–Crippen LogP) is 1.49. The maximum absolute atomic E-state index is 12.7. The second-order valence-corrected chi connectivity index (χ2v) is 7.59. The summed E-state index contributed by atoms with van der Waals surface area (Å²) in [6.45, 7) is 3.54. The highest BCUT2D eigenvalue weighted by molar-refractivity contribution is 5.92. The summed E-state index contributed by atoms with van der Waals surface area (Å²) in [7, 11) is 0. The first-order chi connectivity index (χ1) is 13.7. The summed E-state index contributed by atoms with van der Waals surface area (Å²) in [6, 6.07) is 5.84. The van der Waals surface area contributed by atoms with Gasteiger partial charge in [0.1, 0.15) is 5.69 Å². The standard InChI is InChI=1S/C20H22N6O2/c27-19-16-4-3-15(9-17(16)23-13-26(19)11-14-1-2-14)24-5-7-25(8-6-24)20(28)18-10-21-12-22-18/h3-4,9-10,12-14H,1-2,5-8,11H2,(H,21,22). The SMILES string of the molecule is O=C(c1cnc[nH]1)N1CCN(c2ccc3c(=O)n(CC4CC4)cnc3c2)CC1. The highest BCUT2D eigenvalue weighted by Gasteiger charge is 2.24. The lowest BCUT2D eigenvalue weighted by atomic mass is 10.2. The number of H-pyrrole nitrogens is 1.